The Morgan fingerprint density at radius 1 is 1.17 bits per heavy atom. The van der Waals surface area contributed by atoms with Gasteiger partial charge in [-0.2, -0.15) is 0 Å². The maximum absolute atomic E-state index is 11.8. The van der Waals surface area contributed by atoms with E-state index in [4.69, 9.17) is 9.57 Å². The first-order valence-corrected chi connectivity index (χ1v) is 7.29. The number of methoxy groups -OCH3 is 1. The number of ether oxygens (including phenoxy) is 1. The summed E-state index contributed by atoms with van der Waals surface area (Å²) >= 11 is 0. The second-order valence-electron chi connectivity index (χ2n) is 4.97. The Kier molecular flexibility index (Phi) is 6.08. The third kappa shape index (κ3) is 5.24. The maximum Gasteiger partial charge on any atom is 0.265 e. The molecule has 2 aromatic rings. The molecule has 0 bridgehead atoms. The summed E-state index contributed by atoms with van der Waals surface area (Å²) in [6, 6.07) is 13.9. The van der Waals surface area contributed by atoms with Gasteiger partial charge in [-0.05, 0) is 48.9 Å². The van der Waals surface area contributed by atoms with Crippen molar-refractivity contribution < 1.29 is 19.2 Å². The summed E-state index contributed by atoms with van der Waals surface area (Å²) in [5, 5.41) is 6.39. The minimum absolute atomic E-state index is 0.0635. The molecule has 0 saturated carbocycles. The fourth-order valence-corrected chi connectivity index (χ4v) is 1.90. The summed E-state index contributed by atoms with van der Waals surface area (Å²) in [5.74, 6) is 0.328. The van der Waals surface area contributed by atoms with E-state index in [1.54, 1.807) is 43.5 Å². The molecule has 0 aliphatic rings. The topological polar surface area (TPSA) is 77.0 Å². The molecule has 1 amide bonds. The van der Waals surface area contributed by atoms with E-state index in [2.05, 4.69) is 10.5 Å². The average Bonchev–Trinajstić information content (AvgIpc) is 2.59. The minimum atomic E-state index is -0.359. The summed E-state index contributed by atoms with van der Waals surface area (Å²) in [6.07, 6.45) is 1.50. The molecule has 0 aliphatic carbocycles. The molecule has 0 radical (unpaired) electrons. The van der Waals surface area contributed by atoms with Crippen molar-refractivity contribution in [3.8, 4) is 5.75 Å². The van der Waals surface area contributed by atoms with Gasteiger partial charge in [-0.25, -0.2) is 0 Å². The van der Waals surface area contributed by atoms with Crippen LogP contribution in [0.1, 0.15) is 22.8 Å². The van der Waals surface area contributed by atoms with E-state index in [0.717, 1.165) is 11.3 Å². The van der Waals surface area contributed by atoms with Crippen molar-refractivity contribution in [2.24, 2.45) is 5.16 Å². The summed E-state index contributed by atoms with van der Waals surface area (Å²) in [5.41, 5.74) is 1.90. The number of rotatable bonds is 7. The van der Waals surface area contributed by atoms with Crippen LogP contribution < -0.4 is 10.1 Å². The molecule has 0 saturated heterocycles. The molecule has 124 valence electrons. The maximum atomic E-state index is 11.8. The van der Waals surface area contributed by atoms with Gasteiger partial charge in [0.05, 0.1) is 13.3 Å². The van der Waals surface area contributed by atoms with Crippen LogP contribution in [0, 0.1) is 0 Å². The predicted octanol–water partition coefficient (Wildman–Crippen LogP) is 2.89. The number of nitrogens with zero attached hydrogens (tertiary/aromatic N) is 1. The number of amides is 1. The number of oxime groups is 1. The van der Waals surface area contributed by atoms with Crippen molar-refractivity contribution in [3.05, 3.63) is 59.7 Å². The zero-order valence-corrected chi connectivity index (χ0v) is 13.5. The van der Waals surface area contributed by atoms with E-state index >= 15 is 0 Å². The zero-order valence-electron chi connectivity index (χ0n) is 13.5. The highest BCUT2D eigenvalue weighted by atomic mass is 16.6. The van der Waals surface area contributed by atoms with Gasteiger partial charge in [0.2, 0.25) is 0 Å². The van der Waals surface area contributed by atoms with Crippen LogP contribution in [0.4, 0.5) is 5.69 Å². The molecule has 0 heterocycles. The number of hydrogen-bond acceptors (Lipinski definition) is 5. The van der Waals surface area contributed by atoms with E-state index < -0.39 is 0 Å². The van der Waals surface area contributed by atoms with Crippen LogP contribution in [0.25, 0.3) is 0 Å². The highest BCUT2D eigenvalue weighted by Crippen LogP contribution is 2.11. The average molecular weight is 326 g/mol. The summed E-state index contributed by atoms with van der Waals surface area (Å²) < 4.78 is 5.06. The van der Waals surface area contributed by atoms with Crippen molar-refractivity contribution >= 4 is 23.6 Å². The Morgan fingerprint density at radius 3 is 2.58 bits per heavy atom. The summed E-state index contributed by atoms with van der Waals surface area (Å²) in [4.78, 5) is 28.0. The Labute approximate surface area is 140 Å². The standard InChI is InChI=1S/C18H18N2O4/c1-13(21)15-4-3-5-16(10-15)20-18(22)12-24-19-11-14-6-8-17(23-2)9-7-14/h3-11H,12H2,1-2H3,(H,20,22)/b19-11+. The number of carbonyl (C=O) groups excluding carboxylic acids is 2. The van der Waals surface area contributed by atoms with Gasteiger partial charge in [0.1, 0.15) is 5.75 Å². The lowest BCUT2D eigenvalue weighted by Crippen LogP contribution is -2.17. The predicted molar refractivity (Wildman–Crippen MR) is 91.6 cm³/mol. The molecule has 24 heavy (non-hydrogen) atoms. The third-order valence-corrected chi connectivity index (χ3v) is 3.14. The quantitative estimate of drug-likeness (QED) is 0.482. The van der Waals surface area contributed by atoms with Crippen LogP contribution >= 0.6 is 0 Å². The van der Waals surface area contributed by atoms with Crippen LogP contribution in [0.15, 0.2) is 53.7 Å². The van der Waals surface area contributed by atoms with Crippen LogP contribution in [0.2, 0.25) is 0 Å². The largest absolute Gasteiger partial charge is 0.497 e. The lowest BCUT2D eigenvalue weighted by molar-refractivity contribution is -0.120. The van der Waals surface area contributed by atoms with Gasteiger partial charge in [-0.15, -0.1) is 0 Å². The lowest BCUT2D eigenvalue weighted by Gasteiger charge is -2.05. The van der Waals surface area contributed by atoms with Gasteiger partial charge < -0.3 is 14.9 Å². The van der Waals surface area contributed by atoms with Gasteiger partial charge in [0, 0.05) is 11.3 Å². The normalized spacial score (nSPS) is 10.4. The van der Waals surface area contributed by atoms with Crippen molar-refractivity contribution in [2.75, 3.05) is 19.0 Å². The number of nitrogens with one attached hydrogen (secondary N) is 1. The second kappa shape index (κ2) is 8.47. The number of anilines is 1. The van der Waals surface area contributed by atoms with E-state index in [-0.39, 0.29) is 18.3 Å². The fraction of sp³-hybridized carbons (Fsp3) is 0.167. The first-order valence-electron chi connectivity index (χ1n) is 7.29. The van der Waals surface area contributed by atoms with Gasteiger partial charge in [-0.3, -0.25) is 9.59 Å². The van der Waals surface area contributed by atoms with Gasteiger partial charge in [-0.1, -0.05) is 17.3 Å². The Bertz CT molecular complexity index is 739. The first kappa shape index (κ1) is 17.2. The third-order valence-electron chi connectivity index (χ3n) is 3.14. The molecule has 0 fully saturated rings. The molecule has 2 aromatic carbocycles. The highest BCUT2D eigenvalue weighted by molar-refractivity contribution is 5.97. The first-order chi connectivity index (χ1) is 11.6. The van der Waals surface area contributed by atoms with Crippen molar-refractivity contribution in [2.45, 2.75) is 6.92 Å². The van der Waals surface area contributed by atoms with Crippen molar-refractivity contribution in [3.63, 3.8) is 0 Å². The molecular formula is C18H18N2O4. The Hall–Kier alpha value is -3.15. The zero-order chi connectivity index (χ0) is 17.4. The Balaban J connectivity index is 1.81. The van der Waals surface area contributed by atoms with Crippen LogP contribution in [0.3, 0.4) is 0 Å². The van der Waals surface area contributed by atoms with Crippen LogP contribution in [-0.2, 0) is 9.63 Å². The van der Waals surface area contributed by atoms with Crippen LogP contribution in [-0.4, -0.2) is 31.6 Å². The highest BCUT2D eigenvalue weighted by Gasteiger charge is 2.05. The fourth-order valence-electron chi connectivity index (χ4n) is 1.90. The smallest absolute Gasteiger partial charge is 0.265 e. The minimum Gasteiger partial charge on any atom is -0.497 e. The number of Topliss-reactive ketones (excluding diaryl/α,β-unsaturated/α-hetero) is 1. The van der Waals surface area contributed by atoms with E-state index in [9.17, 15) is 9.59 Å². The lowest BCUT2D eigenvalue weighted by atomic mass is 10.1. The summed E-state index contributed by atoms with van der Waals surface area (Å²) in [7, 11) is 1.59. The van der Waals surface area contributed by atoms with E-state index in [1.165, 1.54) is 13.1 Å². The number of carbonyl (C=O) groups is 2. The molecule has 0 atom stereocenters. The van der Waals surface area contributed by atoms with Crippen molar-refractivity contribution in [1.82, 2.24) is 0 Å². The number of ketones is 1. The number of hydrogen-bond donors (Lipinski definition) is 1. The Morgan fingerprint density at radius 2 is 1.92 bits per heavy atom. The molecule has 1 N–H and O–H groups in total. The van der Waals surface area contributed by atoms with Gasteiger partial charge in [0.15, 0.2) is 12.4 Å². The molecule has 2 rings (SSSR count). The SMILES string of the molecule is COc1ccc(/C=N/OCC(=O)Nc2cccc(C(C)=O)c2)cc1. The van der Waals surface area contributed by atoms with E-state index in [0.29, 0.717) is 11.3 Å². The summed E-state index contributed by atoms with van der Waals surface area (Å²) in [6.45, 7) is 1.24. The molecule has 0 aromatic heterocycles. The molecule has 0 unspecified atom stereocenters. The van der Waals surface area contributed by atoms with Crippen LogP contribution in [0.5, 0.6) is 5.75 Å². The van der Waals surface area contributed by atoms with Gasteiger partial charge in [0.25, 0.3) is 5.91 Å². The molecule has 6 nitrogen and oxygen atoms in total. The monoisotopic (exact) mass is 326 g/mol. The van der Waals surface area contributed by atoms with E-state index in [1.807, 2.05) is 12.1 Å². The molecule has 6 heteroatoms. The molecule has 0 spiro atoms. The molecule has 0 aliphatic heterocycles. The molecular weight excluding hydrogens is 308 g/mol. The number of benzene rings is 2. The van der Waals surface area contributed by atoms with Crippen molar-refractivity contribution in [1.29, 1.82) is 0 Å². The second-order valence-corrected chi connectivity index (χ2v) is 4.97. The van der Waals surface area contributed by atoms with Gasteiger partial charge >= 0.3 is 0 Å².